The molecule has 0 fully saturated rings. The van der Waals surface area contributed by atoms with Crippen LogP contribution in [-0.4, -0.2) is 19.9 Å². The van der Waals surface area contributed by atoms with Crippen LogP contribution in [0.5, 0.6) is 0 Å². The van der Waals surface area contributed by atoms with E-state index in [0.717, 1.165) is 32.7 Å². The maximum Gasteiger partial charge on any atom is 0.134 e. The molecule has 3 N–H and O–H groups in total. The van der Waals surface area contributed by atoms with Crippen LogP contribution in [0.25, 0.3) is 32.7 Å². The van der Waals surface area contributed by atoms with Gasteiger partial charge in [-0.25, -0.2) is 15.0 Å². The third-order valence-electron chi connectivity index (χ3n) is 3.16. The summed E-state index contributed by atoms with van der Waals surface area (Å²) in [5.41, 5.74) is 8.68. The van der Waals surface area contributed by atoms with E-state index >= 15 is 0 Å². The van der Waals surface area contributed by atoms with Crippen molar-refractivity contribution in [3.63, 3.8) is 0 Å². The Morgan fingerprint density at radius 2 is 1.72 bits per heavy atom. The summed E-state index contributed by atoms with van der Waals surface area (Å²) in [5, 5.41) is 3.07. The molecular weight excluding hydrogens is 226 g/mol. The summed E-state index contributed by atoms with van der Waals surface area (Å²) in [7, 11) is 0. The maximum atomic E-state index is 5.87. The van der Waals surface area contributed by atoms with Gasteiger partial charge in [-0.3, -0.25) is 0 Å². The second-order valence-corrected chi connectivity index (χ2v) is 4.25. The minimum Gasteiger partial charge on any atom is -0.383 e. The number of hydrogen-bond acceptors (Lipinski definition) is 4. The Kier molecular flexibility index (Phi) is 1.64. The Labute approximate surface area is 102 Å². The van der Waals surface area contributed by atoms with Crippen molar-refractivity contribution in [3.05, 3.63) is 36.9 Å². The first-order valence-corrected chi connectivity index (χ1v) is 5.58. The highest BCUT2D eigenvalue weighted by atomic mass is 14.9. The van der Waals surface area contributed by atoms with Crippen LogP contribution in [0.15, 0.2) is 36.9 Å². The summed E-state index contributed by atoms with van der Waals surface area (Å²) in [6.07, 6.45) is 3.17. The number of fused-ring (bicyclic) bond motifs is 3. The number of H-pyrrole nitrogens is 1. The Morgan fingerprint density at radius 1 is 0.889 bits per heavy atom. The molecule has 0 aliphatic carbocycles. The highest BCUT2D eigenvalue weighted by Gasteiger charge is 2.05. The summed E-state index contributed by atoms with van der Waals surface area (Å²) >= 11 is 0. The number of nitrogens with one attached hydrogen (secondary N) is 1. The van der Waals surface area contributed by atoms with Gasteiger partial charge in [-0.1, -0.05) is 0 Å². The quantitative estimate of drug-likeness (QED) is 0.458. The molecule has 5 heteroatoms. The van der Waals surface area contributed by atoms with E-state index in [9.17, 15) is 0 Å². The molecule has 0 aliphatic rings. The summed E-state index contributed by atoms with van der Waals surface area (Å²) in [6.45, 7) is 0. The van der Waals surface area contributed by atoms with Crippen molar-refractivity contribution in [2.24, 2.45) is 0 Å². The molecule has 0 spiro atoms. The predicted molar refractivity (Wildman–Crippen MR) is 71.1 cm³/mol. The zero-order valence-corrected chi connectivity index (χ0v) is 9.38. The van der Waals surface area contributed by atoms with Gasteiger partial charge in [-0.15, -0.1) is 0 Å². The lowest BCUT2D eigenvalue weighted by Gasteiger charge is -2.03. The van der Waals surface area contributed by atoms with Gasteiger partial charge in [-0.05, 0) is 35.0 Å². The van der Waals surface area contributed by atoms with E-state index in [-0.39, 0.29) is 0 Å². The molecule has 4 rings (SSSR count). The van der Waals surface area contributed by atoms with Crippen molar-refractivity contribution in [3.8, 4) is 0 Å². The average Bonchev–Trinajstić information content (AvgIpc) is 2.81. The van der Waals surface area contributed by atoms with Crippen LogP contribution in [0.2, 0.25) is 0 Å². The van der Waals surface area contributed by atoms with E-state index in [0.29, 0.717) is 5.82 Å². The fourth-order valence-electron chi connectivity index (χ4n) is 2.25. The number of hydrogen-bond donors (Lipinski definition) is 2. The van der Waals surface area contributed by atoms with Crippen molar-refractivity contribution in [1.82, 2.24) is 19.9 Å². The third kappa shape index (κ3) is 1.18. The van der Waals surface area contributed by atoms with Gasteiger partial charge < -0.3 is 10.7 Å². The molecule has 0 bridgehead atoms. The molecule has 4 aromatic rings. The molecule has 2 heterocycles. The molecule has 2 aromatic carbocycles. The van der Waals surface area contributed by atoms with Gasteiger partial charge >= 0.3 is 0 Å². The Morgan fingerprint density at radius 3 is 2.67 bits per heavy atom. The van der Waals surface area contributed by atoms with Crippen LogP contribution >= 0.6 is 0 Å². The number of rotatable bonds is 0. The fraction of sp³-hybridized carbons (Fsp3) is 0. The number of nitrogens with zero attached hydrogens (tertiary/aromatic N) is 3. The molecule has 0 unspecified atom stereocenters. The van der Waals surface area contributed by atoms with Crippen LogP contribution in [-0.2, 0) is 0 Å². The largest absolute Gasteiger partial charge is 0.383 e. The molecule has 86 valence electrons. The molecular formula is C13H9N5. The molecule has 5 nitrogen and oxygen atoms in total. The van der Waals surface area contributed by atoms with Gasteiger partial charge in [-0.2, -0.15) is 0 Å². The molecule has 0 amide bonds. The van der Waals surface area contributed by atoms with E-state index in [4.69, 9.17) is 5.73 Å². The molecule has 18 heavy (non-hydrogen) atoms. The van der Waals surface area contributed by atoms with Crippen LogP contribution in [0.3, 0.4) is 0 Å². The first-order chi connectivity index (χ1) is 8.81. The van der Waals surface area contributed by atoms with Gasteiger partial charge in [0.1, 0.15) is 12.1 Å². The highest BCUT2D eigenvalue weighted by Crippen LogP contribution is 2.26. The summed E-state index contributed by atoms with van der Waals surface area (Å²) < 4.78 is 0. The second kappa shape index (κ2) is 3.16. The zero-order valence-electron chi connectivity index (χ0n) is 9.38. The van der Waals surface area contributed by atoms with Crippen LogP contribution in [0.1, 0.15) is 0 Å². The number of aromatic amines is 1. The van der Waals surface area contributed by atoms with Gasteiger partial charge in [0.05, 0.1) is 22.9 Å². The highest BCUT2D eigenvalue weighted by molar-refractivity contribution is 6.04. The first-order valence-electron chi connectivity index (χ1n) is 5.58. The van der Waals surface area contributed by atoms with Crippen molar-refractivity contribution in [1.29, 1.82) is 0 Å². The van der Waals surface area contributed by atoms with Gasteiger partial charge in [0.2, 0.25) is 0 Å². The topological polar surface area (TPSA) is 80.5 Å². The van der Waals surface area contributed by atoms with E-state index in [1.807, 2.05) is 18.2 Å². The van der Waals surface area contributed by atoms with E-state index in [1.165, 1.54) is 6.33 Å². The standard InChI is InChI=1S/C13H9N5/c14-13-9-1-7-3-11-12(17-5-16-11)4-8(7)2-10(9)15-6-18-13/h1-6H,(H,16,17)(H2,14,15,18). The number of anilines is 1. The van der Waals surface area contributed by atoms with Crippen LogP contribution in [0.4, 0.5) is 5.82 Å². The fourth-order valence-corrected chi connectivity index (χ4v) is 2.25. The number of benzene rings is 2. The second-order valence-electron chi connectivity index (χ2n) is 4.25. The summed E-state index contributed by atoms with van der Waals surface area (Å²) in [6, 6.07) is 8.12. The predicted octanol–water partition coefficient (Wildman–Crippen LogP) is 2.24. The minimum absolute atomic E-state index is 0.506. The Hall–Kier alpha value is -2.69. The summed E-state index contributed by atoms with van der Waals surface area (Å²) in [4.78, 5) is 15.6. The first kappa shape index (κ1) is 9.35. The van der Waals surface area contributed by atoms with Gasteiger partial charge in [0.15, 0.2) is 0 Å². The average molecular weight is 235 g/mol. The van der Waals surface area contributed by atoms with Crippen molar-refractivity contribution in [2.45, 2.75) is 0 Å². The Bertz CT molecular complexity index is 894. The monoisotopic (exact) mass is 235 g/mol. The molecule has 0 aliphatic heterocycles. The van der Waals surface area contributed by atoms with Crippen molar-refractivity contribution >= 4 is 38.5 Å². The zero-order chi connectivity index (χ0) is 12.1. The Balaban J connectivity index is 2.22. The lowest BCUT2D eigenvalue weighted by molar-refractivity contribution is 1.23. The third-order valence-corrected chi connectivity index (χ3v) is 3.16. The lowest BCUT2D eigenvalue weighted by atomic mass is 10.1. The smallest absolute Gasteiger partial charge is 0.134 e. The number of nitrogen functional groups attached to an aromatic ring is 1. The molecule has 0 saturated carbocycles. The molecule has 0 radical (unpaired) electrons. The lowest BCUT2D eigenvalue weighted by Crippen LogP contribution is -1.93. The summed E-state index contributed by atoms with van der Waals surface area (Å²) in [5.74, 6) is 0.506. The van der Waals surface area contributed by atoms with Crippen LogP contribution in [0, 0.1) is 0 Å². The van der Waals surface area contributed by atoms with Crippen molar-refractivity contribution < 1.29 is 0 Å². The number of imidazole rings is 1. The molecule has 2 aromatic heterocycles. The minimum atomic E-state index is 0.506. The molecule has 0 atom stereocenters. The normalized spacial score (nSPS) is 11.6. The van der Waals surface area contributed by atoms with Crippen LogP contribution < -0.4 is 5.73 Å². The van der Waals surface area contributed by atoms with Gasteiger partial charge in [0, 0.05) is 5.39 Å². The SMILES string of the molecule is Nc1ncnc2cc3cc4nc[nH]c4cc3cc12. The number of nitrogens with two attached hydrogens (primary N) is 1. The maximum absolute atomic E-state index is 5.87. The van der Waals surface area contributed by atoms with E-state index in [1.54, 1.807) is 6.33 Å². The van der Waals surface area contributed by atoms with E-state index < -0.39 is 0 Å². The van der Waals surface area contributed by atoms with E-state index in [2.05, 4.69) is 26.0 Å². The number of aromatic nitrogens is 4. The molecule has 0 saturated heterocycles. The van der Waals surface area contributed by atoms with Crippen molar-refractivity contribution in [2.75, 3.05) is 5.73 Å². The van der Waals surface area contributed by atoms with Gasteiger partial charge in [0.25, 0.3) is 0 Å².